The molecule has 0 spiro atoms. The molecule has 110 valence electrons. The number of hydrogen-bond donors (Lipinski definition) is 1. The van der Waals surface area contributed by atoms with Crippen molar-refractivity contribution >= 4 is 0 Å². The molecule has 0 atom stereocenters. The molecule has 4 nitrogen and oxygen atoms in total. The van der Waals surface area contributed by atoms with Crippen LogP contribution in [0.3, 0.4) is 0 Å². The van der Waals surface area contributed by atoms with Crippen LogP contribution in [0.2, 0.25) is 0 Å². The summed E-state index contributed by atoms with van der Waals surface area (Å²) in [4.78, 5) is 2.43. The van der Waals surface area contributed by atoms with Gasteiger partial charge in [-0.15, -0.1) is 0 Å². The van der Waals surface area contributed by atoms with Crippen LogP contribution in [0.5, 0.6) is 0 Å². The fourth-order valence-electron chi connectivity index (χ4n) is 2.32. The predicted octanol–water partition coefficient (Wildman–Crippen LogP) is 2.68. The standard InChI is InChI=1S/C15H30N4/c1-5-15(6-2)19-11-9-14(17-19)13-18(8-4)12-10-16-7-3/h9,11,15-16H,5-8,10,12-13H2,1-4H3. The lowest BCUT2D eigenvalue weighted by atomic mass is 10.2. The highest BCUT2D eigenvalue weighted by Crippen LogP contribution is 2.15. The molecule has 1 rings (SSSR count). The van der Waals surface area contributed by atoms with Crippen LogP contribution >= 0.6 is 0 Å². The summed E-state index contributed by atoms with van der Waals surface area (Å²) >= 11 is 0. The Bertz CT molecular complexity index is 331. The third-order valence-electron chi connectivity index (χ3n) is 3.67. The Kier molecular flexibility index (Phi) is 7.75. The Morgan fingerprint density at radius 2 is 2.00 bits per heavy atom. The van der Waals surface area contributed by atoms with Crippen molar-refractivity contribution in [3.05, 3.63) is 18.0 Å². The molecule has 0 saturated carbocycles. The summed E-state index contributed by atoms with van der Waals surface area (Å²) < 4.78 is 2.13. The van der Waals surface area contributed by atoms with Crippen molar-refractivity contribution in [1.29, 1.82) is 0 Å². The molecule has 1 heterocycles. The average Bonchev–Trinajstić information content (AvgIpc) is 2.88. The van der Waals surface area contributed by atoms with Gasteiger partial charge in [0.15, 0.2) is 0 Å². The molecule has 0 saturated heterocycles. The summed E-state index contributed by atoms with van der Waals surface area (Å²) in [6.45, 7) is 14.0. The van der Waals surface area contributed by atoms with Gasteiger partial charge in [0.1, 0.15) is 0 Å². The van der Waals surface area contributed by atoms with Crippen LogP contribution in [-0.4, -0.2) is 40.9 Å². The quantitative estimate of drug-likeness (QED) is 0.661. The molecule has 1 aromatic heterocycles. The maximum atomic E-state index is 4.72. The highest BCUT2D eigenvalue weighted by atomic mass is 15.3. The molecular weight excluding hydrogens is 236 g/mol. The van der Waals surface area contributed by atoms with E-state index in [0.29, 0.717) is 6.04 Å². The molecule has 0 amide bonds. The van der Waals surface area contributed by atoms with Gasteiger partial charge in [-0.2, -0.15) is 5.10 Å². The Morgan fingerprint density at radius 1 is 1.26 bits per heavy atom. The molecule has 0 aliphatic carbocycles. The fourth-order valence-corrected chi connectivity index (χ4v) is 2.32. The highest BCUT2D eigenvalue weighted by Gasteiger charge is 2.10. The van der Waals surface area contributed by atoms with E-state index in [1.54, 1.807) is 0 Å². The third kappa shape index (κ3) is 5.33. The van der Waals surface area contributed by atoms with E-state index in [-0.39, 0.29) is 0 Å². The Labute approximate surface area is 118 Å². The number of hydrogen-bond acceptors (Lipinski definition) is 3. The van der Waals surface area contributed by atoms with E-state index in [4.69, 9.17) is 5.10 Å². The van der Waals surface area contributed by atoms with Crippen molar-refractivity contribution in [3.8, 4) is 0 Å². The topological polar surface area (TPSA) is 33.1 Å². The van der Waals surface area contributed by atoms with E-state index >= 15 is 0 Å². The van der Waals surface area contributed by atoms with Gasteiger partial charge in [-0.25, -0.2) is 0 Å². The maximum Gasteiger partial charge on any atom is 0.0764 e. The average molecular weight is 266 g/mol. The van der Waals surface area contributed by atoms with Crippen molar-refractivity contribution < 1.29 is 0 Å². The van der Waals surface area contributed by atoms with Crippen LogP contribution in [0.1, 0.15) is 52.3 Å². The molecule has 0 aromatic carbocycles. The van der Waals surface area contributed by atoms with Gasteiger partial charge in [0, 0.05) is 25.8 Å². The lowest BCUT2D eigenvalue weighted by molar-refractivity contribution is 0.274. The minimum absolute atomic E-state index is 0.547. The summed E-state index contributed by atoms with van der Waals surface area (Å²) in [5.74, 6) is 0. The summed E-state index contributed by atoms with van der Waals surface area (Å²) in [6, 6.07) is 2.71. The summed E-state index contributed by atoms with van der Waals surface area (Å²) in [7, 11) is 0. The molecule has 1 aromatic rings. The normalized spacial score (nSPS) is 11.7. The van der Waals surface area contributed by atoms with Gasteiger partial charge in [0.2, 0.25) is 0 Å². The van der Waals surface area contributed by atoms with Gasteiger partial charge in [-0.05, 0) is 32.0 Å². The first-order chi connectivity index (χ1) is 9.24. The Hall–Kier alpha value is -0.870. The lowest BCUT2D eigenvalue weighted by Crippen LogP contribution is -2.31. The van der Waals surface area contributed by atoms with Crippen LogP contribution < -0.4 is 5.32 Å². The van der Waals surface area contributed by atoms with Crippen molar-refractivity contribution in [2.45, 2.75) is 53.1 Å². The second-order valence-electron chi connectivity index (χ2n) is 4.98. The number of nitrogens with one attached hydrogen (secondary N) is 1. The SMILES string of the molecule is CCNCCN(CC)Cc1ccn(C(CC)CC)n1. The first kappa shape index (κ1) is 16.2. The smallest absolute Gasteiger partial charge is 0.0764 e. The summed E-state index contributed by atoms with van der Waals surface area (Å²) in [5, 5.41) is 8.10. The first-order valence-electron chi connectivity index (χ1n) is 7.72. The van der Waals surface area contributed by atoms with Crippen molar-refractivity contribution in [2.24, 2.45) is 0 Å². The molecule has 0 fully saturated rings. The molecule has 0 unspecified atom stereocenters. The molecular formula is C15H30N4. The number of nitrogens with zero attached hydrogens (tertiary/aromatic N) is 3. The van der Waals surface area contributed by atoms with E-state index < -0.39 is 0 Å². The van der Waals surface area contributed by atoms with Gasteiger partial charge in [0.05, 0.1) is 11.7 Å². The molecule has 19 heavy (non-hydrogen) atoms. The van der Waals surface area contributed by atoms with Gasteiger partial charge in [-0.1, -0.05) is 27.7 Å². The predicted molar refractivity (Wildman–Crippen MR) is 81.3 cm³/mol. The Morgan fingerprint density at radius 3 is 2.58 bits per heavy atom. The van der Waals surface area contributed by atoms with E-state index in [0.717, 1.165) is 45.6 Å². The third-order valence-corrected chi connectivity index (χ3v) is 3.67. The van der Waals surface area contributed by atoms with E-state index in [9.17, 15) is 0 Å². The van der Waals surface area contributed by atoms with Gasteiger partial charge in [0.25, 0.3) is 0 Å². The van der Waals surface area contributed by atoms with Gasteiger partial charge < -0.3 is 5.32 Å². The minimum Gasteiger partial charge on any atom is -0.316 e. The van der Waals surface area contributed by atoms with Gasteiger partial charge in [-0.3, -0.25) is 9.58 Å². The molecule has 1 N–H and O–H groups in total. The zero-order valence-corrected chi connectivity index (χ0v) is 13.0. The molecule has 0 aliphatic rings. The highest BCUT2D eigenvalue weighted by molar-refractivity contribution is 4.99. The van der Waals surface area contributed by atoms with Crippen LogP contribution in [0.25, 0.3) is 0 Å². The van der Waals surface area contributed by atoms with Crippen molar-refractivity contribution in [3.63, 3.8) is 0 Å². The summed E-state index contributed by atoms with van der Waals surface area (Å²) in [5.41, 5.74) is 1.19. The number of likely N-dealkylation sites (N-methyl/N-ethyl adjacent to an activating group) is 2. The summed E-state index contributed by atoms with van der Waals surface area (Å²) in [6.07, 6.45) is 4.43. The van der Waals surface area contributed by atoms with Gasteiger partial charge >= 0.3 is 0 Å². The number of rotatable bonds is 10. The second kappa shape index (κ2) is 9.10. The molecule has 0 aliphatic heterocycles. The zero-order valence-electron chi connectivity index (χ0n) is 13.0. The lowest BCUT2D eigenvalue weighted by Gasteiger charge is -2.19. The minimum atomic E-state index is 0.547. The zero-order chi connectivity index (χ0) is 14.1. The van der Waals surface area contributed by atoms with Crippen LogP contribution in [0.4, 0.5) is 0 Å². The van der Waals surface area contributed by atoms with E-state index in [1.165, 1.54) is 5.69 Å². The monoisotopic (exact) mass is 266 g/mol. The number of aromatic nitrogens is 2. The van der Waals surface area contributed by atoms with Crippen LogP contribution in [-0.2, 0) is 6.54 Å². The van der Waals surface area contributed by atoms with Crippen molar-refractivity contribution in [1.82, 2.24) is 20.0 Å². The second-order valence-corrected chi connectivity index (χ2v) is 4.98. The first-order valence-corrected chi connectivity index (χ1v) is 7.72. The van der Waals surface area contributed by atoms with E-state index in [2.05, 4.69) is 54.9 Å². The molecule has 0 bridgehead atoms. The Balaban J connectivity index is 2.50. The largest absolute Gasteiger partial charge is 0.316 e. The van der Waals surface area contributed by atoms with Crippen LogP contribution in [0.15, 0.2) is 12.3 Å². The maximum absolute atomic E-state index is 4.72. The fraction of sp³-hybridized carbons (Fsp3) is 0.800. The molecule has 4 heteroatoms. The van der Waals surface area contributed by atoms with E-state index in [1.807, 2.05) is 0 Å². The van der Waals surface area contributed by atoms with Crippen LogP contribution in [0, 0.1) is 0 Å². The molecule has 0 radical (unpaired) electrons. The van der Waals surface area contributed by atoms with Crippen molar-refractivity contribution in [2.75, 3.05) is 26.2 Å².